The lowest BCUT2D eigenvalue weighted by Gasteiger charge is -2.29. The van der Waals surface area contributed by atoms with E-state index in [4.69, 9.17) is 11.5 Å². The quantitative estimate of drug-likeness (QED) is 0.0635. The van der Waals surface area contributed by atoms with Gasteiger partial charge in [0.05, 0.1) is 6.04 Å². The Morgan fingerprint density at radius 1 is 0.592 bits per heavy atom. The van der Waals surface area contributed by atoms with E-state index in [1.807, 2.05) is 47.8 Å². The maximum absolute atomic E-state index is 13.7. The van der Waals surface area contributed by atoms with Gasteiger partial charge in [-0.25, -0.2) is 4.79 Å². The second-order valence-corrected chi connectivity index (χ2v) is 15.4. The molecule has 0 saturated carbocycles. The fourth-order valence-electron chi connectivity index (χ4n) is 5.11. The lowest BCUT2D eigenvalue weighted by atomic mass is 9.97. The van der Waals surface area contributed by atoms with Crippen LogP contribution in [0.25, 0.3) is 0 Å². The molecule has 15 heteroatoms. The van der Waals surface area contributed by atoms with Gasteiger partial charge in [-0.2, -0.15) is 11.8 Å². The highest BCUT2D eigenvalue weighted by molar-refractivity contribution is 7.98. The molecule has 6 atom stereocenters. The van der Waals surface area contributed by atoms with E-state index >= 15 is 0 Å². The summed E-state index contributed by atoms with van der Waals surface area (Å²) in [6, 6.07) is -5.97. The fraction of sp³-hybridized carbons (Fsp3) is 0.824. The summed E-state index contributed by atoms with van der Waals surface area (Å²) < 4.78 is 0. The maximum atomic E-state index is 13.7. The van der Waals surface area contributed by atoms with Crippen LogP contribution in [0.5, 0.6) is 0 Å². The highest BCUT2D eigenvalue weighted by atomic mass is 32.2. The zero-order chi connectivity index (χ0) is 37.8. The maximum Gasteiger partial charge on any atom is 0.326 e. The molecule has 0 heterocycles. The third-order valence-corrected chi connectivity index (χ3v) is 8.44. The molecule has 14 nitrogen and oxygen atoms in total. The van der Waals surface area contributed by atoms with Crippen LogP contribution < -0.4 is 38.1 Å². The molecule has 0 radical (unpaired) electrons. The van der Waals surface area contributed by atoms with Crippen molar-refractivity contribution in [3.05, 3.63) is 0 Å². The predicted octanol–water partition coefficient (Wildman–Crippen LogP) is 1.50. The van der Waals surface area contributed by atoms with E-state index in [9.17, 15) is 33.9 Å². The Morgan fingerprint density at radius 3 is 1.45 bits per heavy atom. The van der Waals surface area contributed by atoms with Crippen molar-refractivity contribution in [2.45, 2.75) is 137 Å². The van der Waals surface area contributed by atoms with E-state index in [1.54, 1.807) is 25.6 Å². The van der Waals surface area contributed by atoms with Crippen LogP contribution in [0, 0.1) is 23.7 Å². The number of carboxylic acids is 1. The van der Waals surface area contributed by atoms with E-state index in [0.717, 1.165) is 0 Å². The summed E-state index contributed by atoms with van der Waals surface area (Å²) in [5.74, 6) is -3.71. The standard InChI is InChI=1S/C34H65N7O7S/c1-19(2)16-25(32(45)40-27(34(47)48)18-21(5)6)38-31(44)26(17-20(3)4)39-33(46)28(22(7)8)41-30(43)24(12-10-11-14-35)37-29(42)23(36)13-15-49-9/h19-28H,10-18,35-36H2,1-9H3,(H,37,42)(H,38,44)(H,39,46)(H,40,45)(H,41,43)(H,47,48)/t23-,24-,25-,26-,27-,28-/m0/s1. The highest BCUT2D eigenvalue weighted by Gasteiger charge is 2.34. The van der Waals surface area contributed by atoms with E-state index in [-0.39, 0.29) is 42.9 Å². The average Bonchev–Trinajstić information content (AvgIpc) is 2.99. The van der Waals surface area contributed by atoms with Crippen molar-refractivity contribution in [1.29, 1.82) is 0 Å². The Morgan fingerprint density at radius 2 is 1.02 bits per heavy atom. The largest absolute Gasteiger partial charge is 0.480 e. The first kappa shape index (κ1) is 46.1. The third kappa shape index (κ3) is 19.2. The molecule has 0 aromatic carbocycles. The van der Waals surface area contributed by atoms with Crippen molar-refractivity contribution in [2.75, 3.05) is 18.6 Å². The molecule has 0 aromatic heterocycles. The van der Waals surface area contributed by atoms with Crippen molar-refractivity contribution in [2.24, 2.45) is 35.1 Å². The molecule has 0 rings (SSSR count). The average molecular weight is 716 g/mol. The number of rotatable bonds is 25. The first-order valence-corrected chi connectivity index (χ1v) is 18.9. The Bertz CT molecular complexity index is 1060. The summed E-state index contributed by atoms with van der Waals surface area (Å²) in [4.78, 5) is 78.7. The Labute approximate surface area is 297 Å². The molecule has 0 fully saturated rings. The zero-order valence-electron chi connectivity index (χ0n) is 31.1. The number of nitrogens with one attached hydrogen (secondary N) is 5. The number of aliphatic carboxylic acids is 1. The van der Waals surface area contributed by atoms with Gasteiger partial charge in [0.15, 0.2) is 0 Å². The van der Waals surface area contributed by atoms with Crippen LogP contribution in [0.1, 0.15) is 100 Å². The van der Waals surface area contributed by atoms with Crippen LogP contribution in [-0.2, 0) is 28.8 Å². The molecule has 284 valence electrons. The van der Waals surface area contributed by atoms with Crippen LogP contribution in [0.3, 0.4) is 0 Å². The molecule has 0 saturated heterocycles. The number of nitrogens with two attached hydrogens (primary N) is 2. The van der Waals surface area contributed by atoms with Gasteiger partial charge < -0.3 is 43.2 Å². The molecule has 0 unspecified atom stereocenters. The number of carbonyl (C=O) groups is 6. The van der Waals surface area contributed by atoms with E-state index in [2.05, 4.69) is 26.6 Å². The number of hydrogen-bond acceptors (Lipinski definition) is 9. The van der Waals surface area contributed by atoms with Crippen LogP contribution in [-0.4, -0.2) is 95.4 Å². The molecule has 0 aliphatic carbocycles. The Hall–Kier alpha value is -2.91. The summed E-state index contributed by atoms with van der Waals surface area (Å²) >= 11 is 1.56. The molecule has 49 heavy (non-hydrogen) atoms. The smallest absolute Gasteiger partial charge is 0.326 e. The molecule has 10 N–H and O–H groups in total. The van der Waals surface area contributed by atoms with Crippen molar-refractivity contribution in [3.8, 4) is 0 Å². The van der Waals surface area contributed by atoms with E-state index in [1.165, 1.54) is 0 Å². The van der Waals surface area contributed by atoms with Gasteiger partial charge in [0.25, 0.3) is 0 Å². The van der Waals surface area contributed by atoms with Crippen LogP contribution in [0.4, 0.5) is 0 Å². The lowest BCUT2D eigenvalue weighted by Crippen LogP contribution is -2.60. The fourth-order valence-corrected chi connectivity index (χ4v) is 5.60. The van der Waals surface area contributed by atoms with Crippen LogP contribution in [0.2, 0.25) is 0 Å². The first-order valence-electron chi connectivity index (χ1n) is 17.5. The van der Waals surface area contributed by atoms with Gasteiger partial charge in [0.2, 0.25) is 29.5 Å². The molecule has 0 aliphatic rings. The normalized spacial score (nSPS) is 15.2. The van der Waals surface area contributed by atoms with Crippen molar-refractivity contribution >= 4 is 47.3 Å². The molecular formula is C34H65N7O7S. The van der Waals surface area contributed by atoms with Crippen LogP contribution in [0.15, 0.2) is 0 Å². The van der Waals surface area contributed by atoms with Gasteiger partial charge in [-0.05, 0) is 87.2 Å². The summed E-state index contributed by atoms with van der Waals surface area (Å²) in [6.45, 7) is 15.1. The summed E-state index contributed by atoms with van der Waals surface area (Å²) in [5, 5.41) is 23.2. The van der Waals surface area contributed by atoms with Gasteiger partial charge in [-0.15, -0.1) is 0 Å². The lowest BCUT2D eigenvalue weighted by molar-refractivity contribution is -0.143. The van der Waals surface area contributed by atoms with Gasteiger partial charge in [0.1, 0.15) is 30.2 Å². The van der Waals surface area contributed by atoms with Gasteiger partial charge >= 0.3 is 5.97 Å². The minimum atomic E-state index is -1.16. The number of amides is 5. The van der Waals surface area contributed by atoms with Gasteiger partial charge in [0, 0.05) is 0 Å². The minimum Gasteiger partial charge on any atom is -0.480 e. The first-order chi connectivity index (χ1) is 22.8. The SMILES string of the molecule is CSCC[C@H](N)C(=O)N[C@@H](CCCCN)C(=O)N[C@H](C(=O)N[C@@H](CC(C)C)C(=O)N[C@@H](CC(C)C)C(=O)N[C@@H](CC(C)C)C(=O)O)C(C)C. The predicted molar refractivity (Wildman–Crippen MR) is 194 cm³/mol. The van der Waals surface area contributed by atoms with E-state index in [0.29, 0.717) is 38.0 Å². The number of hydrogen-bond donors (Lipinski definition) is 8. The number of unbranched alkanes of at least 4 members (excludes halogenated alkanes) is 1. The number of carbonyl (C=O) groups excluding carboxylic acids is 5. The topological polar surface area (TPSA) is 235 Å². The minimum absolute atomic E-state index is 0.0125. The van der Waals surface area contributed by atoms with Crippen molar-refractivity contribution in [1.82, 2.24) is 26.6 Å². The molecule has 0 aromatic rings. The number of thioether (sulfide) groups is 1. The Balaban J connectivity index is 6.03. The molecule has 5 amide bonds. The summed E-state index contributed by atoms with van der Waals surface area (Å²) in [6.07, 6.45) is 4.57. The second-order valence-electron chi connectivity index (χ2n) is 14.4. The molecule has 0 spiro atoms. The highest BCUT2D eigenvalue weighted by Crippen LogP contribution is 2.13. The Kier molecular flexibility index (Phi) is 22.8. The zero-order valence-corrected chi connectivity index (χ0v) is 31.9. The summed E-state index contributed by atoms with van der Waals surface area (Å²) in [5.41, 5.74) is 11.7. The van der Waals surface area contributed by atoms with Gasteiger partial charge in [-0.3, -0.25) is 24.0 Å². The monoisotopic (exact) mass is 715 g/mol. The van der Waals surface area contributed by atoms with Crippen molar-refractivity contribution in [3.63, 3.8) is 0 Å². The third-order valence-electron chi connectivity index (χ3n) is 7.80. The van der Waals surface area contributed by atoms with Crippen LogP contribution >= 0.6 is 11.8 Å². The molecule has 0 bridgehead atoms. The summed E-state index contributed by atoms with van der Waals surface area (Å²) in [7, 11) is 0. The molecular weight excluding hydrogens is 650 g/mol. The van der Waals surface area contributed by atoms with Crippen molar-refractivity contribution < 1.29 is 33.9 Å². The number of carboxylic acid groups (broad SMARTS) is 1. The van der Waals surface area contributed by atoms with E-state index < -0.39 is 71.8 Å². The second kappa shape index (κ2) is 24.3. The molecule has 0 aliphatic heterocycles. The van der Waals surface area contributed by atoms with Gasteiger partial charge in [-0.1, -0.05) is 55.4 Å².